The van der Waals surface area contributed by atoms with Gasteiger partial charge in [-0.15, -0.1) is 0 Å². The molecule has 2 N–H and O–H groups in total. The molecule has 0 bridgehead atoms. The molecular formula is C11H23N3. The minimum atomic E-state index is 0.428. The Labute approximate surface area is 87.2 Å². The molecule has 0 aromatic heterocycles. The Bertz CT molecular complexity index is 187. The average Bonchev–Trinajstić information content (AvgIpc) is 2.00. The highest BCUT2D eigenvalue weighted by atomic mass is 15.3. The van der Waals surface area contributed by atoms with Crippen LogP contribution >= 0.6 is 0 Å². The van der Waals surface area contributed by atoms with E-state index >= 15 is 0 Å². The average molecular weight is 197 g/mol. The third-order valence-corrected chi connectivity index (χ3v) is 3.63. The Hall–Kier alpha value is -0.120. The zero-order chi connectivity index (χ0) is 10.1. The van der Waals surface area contributed by atoms with Crippen molar-refractivity contribution in [2.24, 2.45) is 5.73 Å². The largest absolute Gasteiger partial charge is 0.327 e. The SMILES string of the molecule is CC(C)N1CC(N2CCCC(N)C2)C1. The summed E-state index contributed by atoms with van der Waals surface area (Å²) >= 11 is 0. The molecule has 14 heavy (non-hydrogen) atoms. The Morgan fingerprint density at radius 1 is 1.21 bits per heavy atom. The van der Waals surface area contributed by atoms with Gasteiger partial charge < -0.3 is 5.73 Å². The first-order chi connectivity index (χ1) is 6.66. The van der Waals surface area contributed by atoms with Crippen molar-refractivity contribution in [1.29, 1.82) is 0 Å². The summed E-state index contributed by atoms with van der Waals surface area (Å²) in [7, 11) is 0. The van der Waals surface area contributed by atoms with Crippen LogP contribution in [0.5, 0.6) is 0 Å². The molecule has 0 spiro atoms. The zero-order valence-electron chi connectivity index (χ0n) is 9.45. The summed E-state index contributed by atoms with van der Waals surface area (Å²) in [6, 6.07) is 1.94. The number of piperidine rings is 1. The number of nitrogens with two attached hydrogens (primary N) is 1. The van der Waals surface area contributed by atoms with Gasteiger partial charge in [0.05, 0.1) is 0 Å². The van der Waals surface area contributed by atoms with Crippen LogP contribution in [0.1, 0.15) is 26.7 Å². The third kappa shape index (κ3) is 2.10. The van der Waals surface area contributed by atoms with Crippen molar-refractivity contribution in [3.63, 3.8) is 0 Å². The molecule has 1 unspecified atom stereocenters. The minimum absolute atomic E-state index is 0.428. The van der Waals surface area contributed by atoms with E-state index in [2.05, 4.69) is 23.6 Å². The van der Waals surface area contributed by atoms with E-state index in [-0.39, 0.29) is 0 Å². The van der Waals surface area contributed by atoms with Crippen molar-refractivity contribution in [3.05, 3.63) is 0 Å². The Morgan fingerprint density at radius 2 is 1.93 bits per heavy atom. The summed E-state index contributed by atoms with van der Waals surface area (Å²) in [4.78, 5) is 5.12. The summed E-state index contributed by atoms with van der Waals surface area (Å²) in [5.41, 5.74) is 5.98. The Morgan fingerprint density at radius 3 is 2.50 bits per heavy atom. The highest BCUT2D eigenvalue weighted by Gasteiger charge is 2.34. The van der Waals surface area contributed by atoms with Gasteiger partial charge in [-0.25, -0.2) is 0 Å². The van der Waals surface area contributed by atoms with Crippen molar-refractivity contribution in [2.45, 2.75) is 44.8 Å². The van der Waals surface area contributed by atoms with Crippen molar-refractivity contribution in [1.82, 2.24) is 9.80 Å². The molecular weight excluding hydrogens is 174 g/mol. The topological polar surface area (TPSA) is 32.5 Å². The molecule has 0 saturated carbocycles. The van der Waals surface area contributed by atoms with Crippen LogP contribution in [0.15, 0.2) is 0 Å². The van der Waals surface area contributed by atoms with Crippen molar-refractivity contribution < 1.29 is 0 Å². The normalized spacial score (nSPS) is 32.1. The van der Waals surface area contributed by atoms with Gasteiger partial charge in [-0.2, -0.15) is 0 Å². The number of likely N-dealkylation sites (tertiary alicyclic amines) is 2. The van der Waals surface area contributed by atoms with Crippen molar-refractivity contribution in [3.8, 4) is 0 Å². The monoisotopic (exact) mass is 197 g/mol. The third-order valence-electron chi connectivity index (χ3n) is 3.63. The summed E-state index contributed by atoms with van der Waals surface area (Å²) in [6.45, 7) is 9.45. The lowest BCUT2D eigenvalue weighted by Gasteiger charge is -2.49. The fourth-order valence-electron chi connectivity index (χ4n) is 2.51. The maximum atomic E-state index is 5.98. The van der Waals surface area contributed by atoms with Gasteiger partial charge in [0.1, 0.15) is 0 Å². The fraction of sp³-hybridized carbons (Fsp3) is 1.00. The number of rotatable bonds is 2. The van der Waals surface area contributed by atoms with Gasteiger partial charge in [0.2, 0.25) is 0 Å². The van der Waals surface area contributed by atoms with E-state index in [9.17, 15) is 0 Å². The smallest absolute Gasteiger partial charge is 0.0351 e. The molecule has 0 amide bonds. The minimum Gasteiger partial charge on any atom is -0.327 e. The first-order valence-corrected chi connectivity index (χ1v) is 5.90. The predicted octanol–water partition coefficient (Wildman–Crippen LogP) is 0.502. The van der Waals surface area contributed by atoms with Crippen molar-refractivity contribution in [2.75, 3.05) is 26.2 Å². The maximum Gasteiger partial charge on any atom is 0.0351 e. The van der Waals surface area contributed by atoms with E-state index in [0.717, 1.165) is 12.6 Å². The lowest BCUT2D eigenvalue weighted by atomic mass is 9.99. The van der Waals surface area contributed by atoms with E-state index < -0.39 is 0 Å². The number of nitrogens with zero attached hydrogens (tertiary/aromatic N) is 2. The molecule has 3 heteroatoms. The molecule has 1 atom stereocenters. The summed E-state index contributed by atoms with van der Waals surface area (Å²) in [5, 5.41) is 0. The van der Waals surface area contributed by atoms with E-state index in [1.165, 1.54) is 32.5 Å². The second-order valence-corrected chi connectivity index (χ2v) is 5.10. The predicted molar refractivity (Wildman–Crippen MR) is 59.3 cm³/mol. The molecule has 82 valence electrons. The zero-order valence-corrected chi connectivity index (χ0v) is 9.45. The van der Waals surface area contributed by atoms with Crippen LogP contribution < -0.4 is 5.73 Å². The molecule has 2 rings (SSSR count). The van der Waals surface area contributed by atoms with E-state index in [1.807, 2.05) is 0 Å². The molecule has 3 nitrogen and oxygen atoms in total. The van der Waals surface area contributed by atoms with Gasteiger partial charge in [-0.05, 0) is 33.2 Å². The Balaban J connectivity index is 1.76. The van der Waals surface area contributed by atoms with E-state index in [4.69, 9.17) is 5.73 Å². The first-order valence-electron chi connectivity index (χ1n) is 5.90. The van der Waals surface area contributed by atoms with E-state index in [0.29, 0.717) is 12.1 Å². The van der Waals surface area contributed by atoms with Crippen molar-refractivity contribution >= 4 is 0 Å². The van der Waals surface area contributed by atoms with Gasteiger partial charge in [0, 0.05) is 37.8 Å². The fourth-order valence-corrected chi connectivity index (χ4v) is 2.51. The molecule has 2 heterocycles. The number of hydrogen-bond acceptors (Lipinski definition) is 3. The summed E-state index contributed by atoms with van der Waals surface area (Å²) in [6.07, 6.45) is 2.51. The molecule has 2 saturated heterocycles. The highest BCUT2D eigenvalue weighted by Crippen LogP contribution is 2.20. The lowest BCUT2D eigenvalue weighted by Crippen LogP contribution is -2.63. The lowest BCUT2D eigenvalue weighted by molar-refractivity contribution is 0.00187. The van der Waals surface area contributed by atoms with Crippen LogP contribution in [0.4, 0.5) is 0 Å². The standard InChI is InChI=1S/C11H23N3/c1-9(2)14-7-11(8-14)13-5-3-4-10(12)6-13/h9-11H,3-8,12H2,1-2H3. The molecule has 0 aromatic rings. The second kappa shape index (κ2) is 4.17. The quantitative estimate of drug-likeness (QED) is 0.700. The maximum absolute atomic E-state index is 5.98. The van der Waals surface area contributed by atoms with Gasteiger partial charge in [0.15, 0.2) is 0 Å². The summed E-state index contributed by atoms with van der Waals surface area (Å²) < 4.78 is 0. The summed E-state index contributed by atoms with van der Waals surface area (Å²) in [5.74, 6) is 0. The van der Waals surface area contributed by atoms with Gasteiger partial charge in [0.25, 0.3) is 0 Å². The first kappa shape index (κ1) is 10.4. The Kier molecular flexibility index (Phi) is 3.10. The molecule has 0 aromatic carbocycles. The van der Waals surface area contributed by atoms with Crippen LogP contribution in [0.3, 0.4) is 0 Å². The molecule has 2 fully saturated rings. The van der Waals surface area contributed by atoms with Crippen LogP contribution in [0.25, 0.3) is 0 Å². The molecule has 2 aliphatic rings. The van der Waals surface area contributed by atoms with Gasteiger partial charge >= 0.3 is 0 Å². The van der Waals surface area contributed by atoms with Crippen LogP contribution in [0, 0.1) is 0 Å². The van der Waals surface area contributed by atoms with Crippen LogP contribution in [0.2, 0.25) is 0 Å². The van der Waals surface area contributed by atoms with Gasteiger partial charge in [-0.1, -0.05) is 0 Å². The van der Waals surface area contributed by atoms with Crippen LogP contribution in [-0.4, -0.2) is 54.1 Å². The van der Waals surface area contributed by atoms with Gasteiger partial charge in [-0.3, -0.25) is 9.80 Å². The number of hydrogen-bond donors (Lipinski definition) is 1. The second-order valence-electron chi connectivity index (χ2n) is 5.10. The molecule has 0 aliphatic carbocycles. The molecule has 0 radical (unpaired) electrons. The molecule has 2 aliphatic heterocycles. The highest BCUT2D eigenvalue weighted by molar-refractivity contribution is 4.92. The van der Waals surface area contributed by atoms with Crippen LogP contribution in [-0.2, 0) is 0 Å². The van der Waals surface area contributed by atoms with E-state index in [1.54, 1.807) is 0 Å².